The molecule has 0 radical (unpaired) electrons. The summed E-state index contributed by atoms with van der Waals surface area (Å²) in [6, 6.07) is 6.11. The lowest BCUT2D eigenvalue weighted by molar-refractivity contribution is 0.433. The summed E-state index contributed by atoms with van der Waals surface area (Å²) < 4.78 is 5.99. The van der Waals surface area contributed by atoms with Gasteiger partial charge in [0.05, 0.1) is 5.71 Å². The molecule has 1 aliphatic carbocycles. The number of aliphatic imine (C=N–C) groups is 1. The van der Waals surface area contributed by atoms with Crippen molar-refractivity contribution in [1.82, 2.24) is 0 Å². The predicted molar refractivity (Wildman–Crippen MR) is 74.5 cm³/mol. The number of rotatable bonds is 0. The Hall–Kier alpha value is -1.83. The fraction of sp³-hybridized carbons (Fsp3) is 0.312. The number of hydrogen-bond acceptors (Lipinski definition) is 2. The first-order valence-corrected chi connectivity index (χ1v) is 6.25. The van der Waals surface area contributed by atoms with Gasteiger partial charge in [-0.3, -0.25) is 0 Å². The molecule has 0 bridgehead atoms. The van der Waals surface area contributed by atoms with E-state index in [4.69, 9.17) is 9.73 Å². The van der Waals surface area contributed by atoms with Gasteiger partial charge in [0.15, 0.2) is 5.75 Å². The van der Waals surface area contributed by atoms with Crippen LogP contribution in [-0.2, 0) is 0 Å². The number of ether oxygens (including phenoxy) is 1. The molecule has 0 unspecified atom stereocenters. The number of aryl methyl sites for hydroxylation is 1. The van der Waals surface area contributed by atoms with Crippen LogP contribution in [-0.4, -0.2) is 5.71 Å². The van der Waals surface area contributed by atoms with Crippen LogP contribution in [0.2, 0.25) is 0 Å². The first-order valence-electron chi connectivity index (χ1n) is 6.25. The molecular weight excluding hydrogens is 222 g/mol. The number of benzene rings is 1. The Morgan fingerprint density at radius 3 is 2.72 bits per heavy atom. The monoisotopic (exact) mass is 239 g/mol. The molecule has 0 atom stereocenters. The van der Waals surface area contributed by atoms with Gasteiger partial charge in [0.1, 0.15) is 11.4 Å². The lowest BCUT2D eigenvalue weighted by Gasteiger charge is -2.32. The van der Waals surface area contributed by atoms with Crippen molar-refractivity contribution >= 4 is 11.4 Å². The molecule has 3 rings (SSSR count). The fourth-order valence-electron chi connectivity index (χ4n) is 2.59. The number of fused-ring (bicyclic) bond motifs is 2. The van der Waals surface area contributed by atoms with Crippen molar-refractivity contribution in [3.63, 3.8) is 0 Å². The Morgan fingerprint density at radius 2 is 1.94 bits per heavy atom. The number of allylic oxidation sites excluding steroid dienone is 4. The molecule has 0 aromatic heterocycles. The minimum absolute atomic E-state index is 0.0738. The molecule has 2 aliphatic rings. The van der Waals surface area contributed by atoms with Gasteiger partial charge in [-0.15, -0.1) is 0 Å². The number of nitrogens with zero attached hydrogens (tertiary/aromatic N) is 1. The Bertz CT molecular complexity index is 618. The third kappa shape index (κ3) is 1.69. The molecule has 0 N–H and O–H groups in total. The molecule has 2 heteroatoms. The molecule has 0 spiro atoms. The molecule has 0 saturated carbocycles. The molecule has 0 saturated heterocycles. The highest BCUT2D eigenvalue weighted by molar-refractivity contribution is 6.08. The van der Waals surface area contributed by atoms with E-state index in [0.29, 0.717) is 0 Å². The average molecular weight is 239 g/mol. The lowest BCUT2D eigenvalue weighted by atomic mass is 9.80. The van der Waals surface area contributed by atoms with Crippen LogP contribution in [0.3, 0.4) is 0 Å². The highest BCUT2D eigenvalue weighted by Gasteiger charge is 2.33. The Labute approximate surface area is 108 Å². The van der Waals surface area contributed by atoms with E-state index in [1.165, 1.54) is 11.1 Å². The molecule has 1 heterocycles. The van der Waals surface area contributed by atoms with E-state index in [1.807, 2.05) is 6.07 Å². The summed E-state index contributed by atoms with van der Waals surface area (Å²) in [5, 5.41) is 0. The van der Waals surface area contributed by atoms with Crippen LogP contribution >= 0.6 is 0 Å². The summed E-state index contributed by atoms with van der Waals surface area (Å²) in [7, 11) is 0. The summed E-state index contributed by atoms with van der Waals surface area (Å²) in [5.74, 6) is 1.73. The van der Waals surface area contributed by atoms with E-state index >= 15 is 0 Å². The second kappa shape index (κ2) is 3.58. The van der Waals surface area contributed by atoms with Crippen molar-refractivity contribution in [3.05, 3.63) is 47.2 Å². The average Bonchev–Trinajstić information content (AvgIpc) is 2.26. The largest absolute Gasteiger partial charge is 0.453 e. The lowest BCUT2D eigenvalue weighted by Crippen LogP contribution is -2.30. The van der Waals surface area contributed by atoms with Crippen LogP contribution in [0.25, 0.3) is 0 Å². The van der Waals surface area contributed by atoms with E-state index in [-0.39, 0.29) is 5.41 Å². The Kier molecular flexibility index (Phi) is 2.24. The Morgan fingerprint density at radius 1 is 1.17 bits per heavy atom. The van der Waals surface area contributed by atoms with Crippen molar-refractivity contribution in [2.45, 2.75) is 27.7 Å². The second-order valence-corrected chi connectivity index (χ2v) is 5.65. The van der Waals surface area contributed by atoms with Gasteiger partial charge in [-0.1, -0.05) is 31.6 Å². The molecule has 18 heavy (non-hydrogen) atoms. The Balaban J connectivity index is 2.19. The highest BCUT2D eigenvalue weighted by atomic mass is 16.5. The SMILES string of the molecule is CC1=CC(C)(C)C2=Nc3cc(C)ccc3OC2=C1. The summed E-state index contributed by atoms with van der Waals surface area (Å²) >= 11 is 0. The highest BCUT2D eigenvalue weighted by Crippen LogP contribution is 2.41. The quantitative estimate of drug-likeness (QED) is 0.660. The van der Waals surface area contributed by atoms with Crippen molar-refractivity contribution in [3.8, 4) is 5.75 Å². The smallest absolute Gasteiger partial charge is 0.153 e. The zero-order chi connectivity index (χ0) is 12.9. The van der Waals surface area contributed by atoms with Crippen molar-refractivity contribution in [2.24, 2.45) is 10.4 Å². The van der Waals surface area contributed by atoms with Gasteiger partial charge in [0.25, 0.3) is 0 Å². The van der Waals surface area contributed by atoms with Crippen molar-refractivity contribution in [2.75, 3.05) is 0 Å². The van der Waals surface area contributed by atoms with Gasteiger partial charge in [-0.05, 0) is 37.6 Å². The fourth-order valence-corrected chi connectivity index (χ4v) is 2.59. The predicted octanol–water partition coefficient (Wildman–Crippen LogP) is 4.33. The van der Waals surface area contributed by atoms with Gasteiger partial charge in [-0.2, -0.15) is 0 Å². The molecular formula is C16H17NO. The van der Waals surface area contributed by atoms with Crippen LogP contribution in [0.1, 0.15) is 26.3 Å². The normalized spacial score (nSPS) is 19.9. The molecule has 92 valence electrons. The van der Waals surface area contributed by atoms with Gasteiger partial charge in [0, 0.05) is 5.41 Å². The maximum absolute atomic E-state index is 5.99. The van der Waals surface area contributed by atoms with Crippen LogP contribution in [0.15, 0.2) is 46.7 Å². The van der Waals surface area contributed by atoms with E-state index in [9.17, 15) is 0 Å². The van der Waals surface area contributed by atoms with Crippen molar-refractivity contribution < 1.29 is 4.74 Å². The minimum atomic E-state index is -0.0738. The van der Waals surface area contributed by atoms with Crippen LogP contribution < -0.4 is 4.74 Å². The summed E-state index contributed by atoms with van der Waals surface area (Å²) in [6.45, 7) is 8.51. The van der Waals surface area contributed by atoms with Crippen LogP contribution in [0.4, 0.5) is 5.69 Å². The zero-order valence-electron chi connectivity index (χ0n) is 11.2. The van der Waals surface area contributed by atoms with Gasteiger partial charge < -0.3 is 4.74 Å². The van der Waals surface area contributed by atoms with E-state index in [1.54, 1.807) is 0 Å². The van der Waals surface area contributed by atoms with Crippen LogP contribution in [0, 0.1) is 12.3 Å². The third-order valence-corrected chi connectivity index (χ3v) is 3.36. The molecule has 0 amide bonds. The standard InChI is InChI=1S/C16H17NO/c1-10-5-6-13-12(7-10)17-15-14(18-13)8-11(2)9-16(15,3)4/h5-9H,1-4H3. The third-order valence-electron chi connectivity index (χ3n) is 3.36. The second-order valence-electron chi connectivity index (χ2n) is 5.65. The molecule has 1 aromatic carbocycles. The van der Waals surface area contributed by atoms with Gasteiger partial charge in [0.2, 0.25) is 0 Å². The van der Waals surface area contributed by atoms with Gasteiger partial charge >= 0.3 is 0 Å². The van der Waals surface area contributed by atoms with E-state index in [2.05, 4.69) is 52.0 Å². The van der Waals surface area contributed by atoms with Gasteiger partial charge in [-0.25, -0.2) is 4.99 Å². The van der Waals surface area contributed by atoms with E-state index in [0.717, 1.165) is 22.9 Å². The molecule has 0 fully saturated rings. The topological polar surface area (TPSA) is 21.6 Å². The van der Waals surface area contributed by atoms with E-state index < -0.39 is 0 Å². The molecule has 2 nitrogen and oxygen atoms in total. The molecule has 1 aliphatic heterocycles. The maximum Gasteiger partial charge on any atom is 0.153 e. The van der Waals surface area contributed by atoms with Crippen molar-refractivity contribution in [1.29, 1.82) is 0 Å². The first kappa shape index (κ1) is 11.3. The summed E-state index contributed by atoms with van der Waals surface area (Å²) in [4.78, 5) is 4.79. The van der Waals surface area contributed by atoms with Crippen LogP contribution in [0.5, 0.6) is 5.75 Å². The zero-order valence-corrected chi connectivity index (χ0v) is 11.2. The minimum Gasteiger partial charge on any atom is -0.453 e. The first-order chi connectivity index (χ1) is 8.45. The maximum atomic E-state index is 5.99. The molecule has 1 aromatic rings. The number of hydrogen-bond donors (Lipinski definition) is 0. The summed E-state index contributed by atoms with van der Waals surface area (Å²) in [6.07, 6.45) is 4.30. The summed E-state index contributed by atoms with van der Waals surface area (Å²) in [5.41, 5.74) is 4.31.